The molecule has 0 aromatic heterocycles. The molecule has 0 aliphatic carbocycles. The van der Waals surface area contributed by atoms with Crippen LogP contribution in [0.5, 0.6) is 5.75 Å². The Bertz CT molecular complexity index is 405. The fourth-order valence-electron chi connectivity index (χ4n) is 1.46. The van der Waals surface area contributed by atoms with Crippen LogP contribution in [0.2, 0.25) is 0 Å². The highest BCUT2D eigenvalue weighted by Crippen LogP contribution is 2.29. The number of nitro groups is 1. The van der Waals surface area contributed by atoms with E-state index < -0.39 is 11.0 Å². The van der Waals surface area contributed by atoms with Gasteiger partial charge in [0.2, 0.25) is 0 Å². The molecule has 0 bridgehead atoms. The molecular weight excluding hydrogens is 238 g/mol. The van der Waals surface area contributed by atoms with Crippen LogP contribution in [0.25, 0.3) is 0 Å². The molecule has 0 heterocycles. The molecule has 0 radical (unpaired) electrons. The Morgan fingerprint density at radius 2 is 2.17 bits per heavy atom. The summed E-state index contributed by atoms with van der Waals surface area (Å²) in [5, 5.41) is 20.2. The van der Waals surface area contributed by atoms with Gasteiger partial charge in [-0.3, -0.25) is 10.1 Å². The molecule has 0 saturated heterocycles. The maximum Gasteiger partial charge on any atom is 0.270 e. The molecule has 1 N–H and O–H groups in total. The number of nitro benzene ring substituents is 1. The molecule has 6 nitrogen and oxygen atoms in total. The Morgan fingerprint density at radius 3 is 2.72 bits per heavy atom. The van der Waals surface area contributed by atoms with Crippen molar-refractivity contribution in [1.82, 2.24) is 0 Å². The molecule has 1 aromatic rings. The first-order valence-electron chi connectivity index (χ1n) is 5.73. The summed E-state index contributed by atoms with van der Waals surface area (Å²) in [5.74, 6) is 0.440. The molecule has 1 aromatic carbocycles. The number of rotatable bonds is 7. The molecular formula is C12H17NO5. The largest absolute Gasteiger partial charge is 0.491 e. The van der Waals surface area contributed by atoms with Crippen LogP contribution in [0, 0.1) is 10.1 Å². The molecule has 6 heteroatoms. The highest BCUT2D eigenvalue weighted by atomic mass is 16.6. The summed E-state index contributed by atoms with van der Waals surface area (Å²) >= 11 is 0. The zero-order valence-electron chi connectivity index (χ0n) is 10.5. The average molecular weight is 255 g/mol. The Morgan fingerprint density at radius 1 is 1.44 bits per heavy atom. The summed E-state index contributed by atoms with van der Waals surface area (Å²) in [7, 11) is 0. The Balaban J connectivity index is 2.80. The summed E-state index contributed by atoms with van der Waals surface area (Å²) < 4.78 is 10.5. The van der Waals surface area contributed by atoms with Gasteiger partial charge >= 0.3 is 0 Å². The van der Waals surface area contributed by atoms with E-state index in [1.165, 1.54) is 25.1 Å². The number of nitrogens with zero attached hydrogens (tertiary/aromatic N) is 1. The third kappa shape index (κ3) is 3.97. The third-order valence-corrected chi connectivity index (χ3v) is 2.34. The lowest BCUT2D eigenvalue weighted by Crippen LogP contribution is -2.08. The first-order valence-corrected chi connectivity index (χ1v) is 5.73. The molecule has 0 spiro atoms. The highest BCUT2D eigenvalue weighted by molar-refractivity contribution is 5.44. The lowest BCUT2D eigenvalue weighted by molar-refractivity contribution is -0.385. The van der Waals surface area contributed by atoms with Crippen LogP contribution in [0.1, 0.15) is 25.5 Å². The maximum atomic E-state index is 10.6. The standard InChI is InChI=1S/C12H17NO5/c1-3-17-6-7-18-12-5-4-10(13(15)16)8-11(12)9(2)14/h4-5,8-9,14H,3,6-7H2,1-2H3/t9-/m0/s1. The van der Waals surface area contributed by atoms with E-state index in [-0.39, 0.29) is 5.69 Å². The van der Waals surface area contributed by atoms with Crippen LogP contribution in [0.15, 0.2) is 18.2 Å². The lowest BCUT2D eigenvalue weighted by atomic mass is 10.1. The van der Waals surface area contributed by atoms with Crippen LogP contribution >= 0.6 is 0 Å². The minimum atomic E-state index is -0.827. The summed E-state index contributed by atoms with van der Waals surface area (Å²) in [4.78, 5) is 10.1. The van der Waals surface area contributed by atoms with Gasteiger partial charge in [0.1, 0.15) is 12.4 Å². The van der Waals surface area contributed by atoms with Gasteiger partial charge in [0.25, 0.3) is 5.69 Å². The van der Waals surface area contributed by atoms with Gasteiger partial charge in [-0.1, -0.05) is 0 Å². The van der Waals surface area contributed by atoms with Crippen molar-refractivity contribution < 1.29 is 19.5 Å². The molecule has 0 fully saturated rings. The van der Waals surface area contributed by atoms with Gasteiger partial charge in [-0.25, -0.2) is 0 Å². The van der Waals surface area contributed by atoms with Crippen LogP contribution < -0.4 is 4.74 Å². The predicted molar refractivity (Wildman–Crippen MR) is 65.7 cm³/mol. The van der Waals surface area contributed by atoms with E-state index in [4.69, 9.17) is 9.47 Å². The zero-order valence-corrected chi connectivity index (χ0v) is 10.5. The Kier molecular flexibility index (Phi) is 5.54. The summed E-state index contributed by atoms with van der Waals surface area (Å²) in [6.07, 6.45) is -0.827. The quantitative estimate of drug-likeness (QED) is 0.458. The van der Waals surface area contributed by atoms with Gasteiger partial charge in [0, 0.05) is 24.3 Å². The number of hydrogen-bond donors (Lipinski definition) is 1. The zero-order chi connectivity index (χ0) is 13.5. The number of hydrogen-bond acceptors (Lipinski definition) is 5. The topological polar surface area (TPSA) is 81.8 Å². The van der Waals surface area contributed by atoms with Gasteiger partial charge in [0.15, 0.2) is 0 Å². The van der Waals surface area contributed by atoms with E-state index in [1.807, 2.05) is 6.92 Å². The normalized spacial score (nSPS) is 12.2. The SMILES string of the molecule is CCOCCOc1ccc([N+](=O)[O-])cc1[C@H](C)O. The number of aliphatic hydroxyl groups excluding tert-OH is 1. The highest BCUT2D eigenvalue weighted by Gasteiger charge is 2.15. The minimum Gasteiger partial charge on any atom is -0.491 e. The van der Waals surface area contributed by atoms with Gasteiger partial charge in [-0.05, 0) is 19.9 Å². The molecule has 1 atom stereocenters. The third-order valence-electron chi connectivity index (χ3n) is 2.34. The van der Waals surface area contributed by atoms with Crippen LogP contribution in [0.4, 0.5) is 5.69 Å². The second-order valence-electron chi connectivity index (χ2n) is 3.70. The average Bonchev–Trinajstić information content (AvgIpc) is 2.34. The van der Waals surface area contributed by atoms with Crippen molar-refractivity contribution in [2.75, 3.05) is 19.8 Å². The molecule has 0 saturated carbocycles. The molecule has 0 unspecified atom stereocenters. The van der Waals surface area contributed by atoms with Crippen LogP contribution in [-0.4, -0.2) is 29.9 Å². The number of non-ortho nitro benzene ring substituents is 1. The van der Waals surface area contributed by atoms with Crippen molar-refractivity contribution in [3.05, 3.63) is 33.9 Å². The summed E-state index contributed by atoms with van der Waals surface area (Å²) in [6.45, 7) is 4.80. The van der Waals surface area contributed by atoms with E-state index in [1.54, 1.807) is 0 Å². The van der Waals surface area contributed by atoms with Crippen molar-refractivity contribution in [2.45, 2.75) is 20.0 Å². The summed E-state index contributed by atoms with van der Waals surface area (Å²) in [5.41, 5.74) is 0.337. The van der Waals surface area contributed by atoms with Gasteiger partial charge in [0.05, 0.1) is 17.6 Å². The fourth-order valence-corrected chi connectivity index (χ4v) is 1.46. The number of benzene rings is 1. The first-order chi connectivity index (χ1) is 8.56. The minimum absolute atomic E-state index is 0.0666. The summed E-state index contributed by atoms with van der Waals surface area (Å²) in [6, 6.07) is 4.16. The molecule has 0 aliphatic rings. The molecule has 1 rings (SSSR count). The fraction of sp³-hybridized carbons (Fsp3) is 0.500. The van der Waals surface area contributed by atoms with Crippen molar-refractivity contribution in [1.29, 1.82) is 0 Å². The number of ether oxygens (including phenoxy) is 2. The van der Waals surface area contributed by atoms with Crippen molar-refractivity contribution >= 4 is 5.69 Å². The maximum absolute atomic E-state index is 10.6. The van der Waals surface area contributed by atoms with E-state index in [0.717, 1.165) is 0 Å². The van der Waals surface area contributed by atoms with Crippen LogP contribution in [0.3, 0.4) is 0 Å². The number of aliphatic hydroxyl groups is 1. The van der Waals surface area contributed by atoms with E-state index >= 15 is 0 Å². The first kappa shape index (κ1) is 14.4. The lowest BCUT2D eigenvalue weighted by Gasteiger charge is -2.13. The Hall–Kier alpha value is -1.66. The second-order valence-corrected chi connectivity index (χ2v) is 3.70. The second kappa shape index (κ2) is 6.93. The molecule has 0 amide bonds. The van der Waals surface area contributed by atoms with Crippen molar-refractivity contribution in [3.63, 3.8) is 0 Å². The van der Waals surface area contributed by atoms with Gasteiger partial charge < -0.3 is 14.6 Å². The van der Waals surface area contributed by atoms with E-state index in [9.17, 15) is 15.2 Å². The van der Waals surface area contributed by atoms with E-state index in [2.05, 4.69) is 0 Å². The smallest absolute Gasteiger partial charge is 0.270 e. The molecule has 18 heavy (non-hydrogen) atoms. The van der Waals surface area contributed by atoms with Gasteiger partial charge in [-0.2, -0.15) is 0 Å². The van der Waals surface area contributed by atoms with Crippen molar-refractivity contribution in [3.8, 4) is 5.75 Å². The molecule has 100 valence electrons. The van der Waals surface area contributed by atoms with Gasteiger partial charge in [-0.15, -0.1) is 0 Å². The predicted octanol–water partition coefficient (Wildman–Crippen LogP) is 2.06. The molecule has 0 aliphatic heterocycles. The Labute approximate surface area is 105 Å². The van der Waals surface area contributed by atoms with Crippen LogP contribution in [-0.2, 0) is 4.74 Å². The van der Waals surface area contributed by atoms with E-state index in [0.29, 0.717) is 31.1 Å². The van der Waals surface area contributed by atoms with Crippen molar-refractivity contribution in [2.24, 2.45) is 0 Å². The monoisotopic (exact) mass is 255 g/mol.